The zero-order chi connectivity index (χ0) is 13.7. The number of hydrogen-bond acceptors (Lipinski definition) is 2. The third-order valence-electron chi connectivity index (χ3n) is 4.16. The van der Waals surface area contributed by atoms with Crippen LogP contribution in [0.3, 0.4) is 0 Å². The molecule has 2 rings (SSSR count). The molecule has 1 aliphatic rings. The van der Waals surface area contributed by atoms with E-state index in [0.29, 0.717) is 17.9 Å². The molecule has 3 atom stereocenters. The van der Waals surface area contributed by atoms with Gasteiger partial charge in [-0.25, -0.2) is 4.39 Å². The molecule has 106 valence electrons. The zero-order valence-corrected chi connectivity index (χ0v) is 11.6. The first-order chi connectivity index (χ1) is 9.20. The van der Waals surface area contributed by atoms with E-state index in [1.807, 2.05) is 12.1 Å². The average molecular weight is 265 g/mol. The quantitative estimate of drug-likeness (QED) is 0.828. The molecule has 1 aromatic carbocycles. The number of hydrogen-bond donors (Lipinski definition) is 2. The summed E-state index contributed by atoms with van der Waals surface area (Å²) in [4.78, 5) is 0. The summed E-state index contributed by atoms with van der Waals surface area (Å²) < 4.78 is 13.0. The van der Waals surface area contributed by atoms with Gasteiger partial charge < -0.3 is 10.4 Å². The highest BCUT2D eigenvalue weighted by Gasteiger charge is 2.28. The van der Waals surface area contributed by atoms with Crippen LogP contribution in [0.4, 0.5) is 4.39 Å². The molecule has 0 spiro atoms. The Morgan fingerprint density at radius 1 is 1.32 bits per heavy atom. The Kier molecular flexibility index (Phi) is 5.34. The Bertz CT molecular complexity index is 379. The van der Waals surface area contributed by atoms with Crippen LogP contribution >= 0.6 is 0 Å². The van der Waals surface area contributed by atoms with Gasteiger partial charge in [-0.05, 0) is 55.3 Å². The Morgan fingerprint density at radius 3 is 2.74 bits per heavy atom. The van der Waals surface area contributed by atoms with Crippen LogP contribution in [0.1, 0.15) is 44.1 Å². The predicted octanol–water partition coefficient (Wildman–Crippen LogP) is 3.07. The molecule has 19 heavy (non-hydrogen) atoms. The van der Waals surface area contributed by atoms with Crippen molar-refractivity contribution in [1.29, 1.82) is 0 Å². The zero-order valence-electron chi connectivity index (χ0n) is 11.6. The van der Waals surface area contributed by atoms with Crippen molar-refractivity contribution in [3.05, 3.63) is 35.6 Å². The first-order valence-electron chi connectivity index (χ1n) is 7.30. The van der Waals surface area contributed by atoms with Crippen LogP contribution in [0.15, 0.2) is 24.3 Å². The summed E-state index contributed by atoms with van der Waals surface area (Å²) in [5.74, 6) is 0.837. The van der Waals surface area contributed by atoms with E-state index in [0.717, 1.165) is 13.0 Å². The van der Waals surface area contributed by atoms with Gasteiger partial charge >= 0.3 is 0 Å². The smallest absolute Gasteiger partial charge is 0.123 e. The number of rotatable bonds is 6. The SMILES string of the molecule is CC(CCO)CNC1CCCC1c1ccc(F)cc1. The van der Waals surface area contributed by atoms with Crippen molar-refractivity contribution < 1.29 is 9.50 Å². The van der Waals surface area contributed by atoms with Crippen LogP contribution in [0.5, 0.6) is 0 Å². The maximum atomic E-state index is 13.0. The molecular formula is C16H24FNO. The molecular weight excluding hydrogens is 241 g/mol. The monoisotopic (exact) mass is 265 g/mol. The molecule has 1 saturated carbocycles. The molecule has 0 bridgehead atoms. The molecule has 0 radical (unpaired) electrons. The van der Waals surface area contributed by atoms with Crippen molar-refractivity contribution in [3.8, 4) is 0 Å². The van der Waals surface area contributed by atoms with E-state index in [-0.39, 0.29) is 12.4 Å². The highest BCUT2D eigenvalue weighted by Crippen LogP contribution is 2.34. The van der Waals surface area contributed by atoms with Gasteiger partial charge in [0.1, 0.15) is 5.82 Å². The van der Waals surface area contributed by atoms with Gasteiger partial charge in [-0.2, -0.15) is 0 Å². The highest BCUT2D eigenvalue weighted by atomic mass is 19.1. The van der Waals surface area contributed by atoms with Crippen molar-refractivity contribution in [1.82, 2.24) is 5.32 Å². The van der Waals surface area contributed by atoms with Crippen LogP contribution < -0.4 is 5.32 Å². The van der Waals surface area contributed by atoms with E-state index in [1.165, 1.54) is 24.8 Å². The lowest BCUT2D eigenvalue weighted by atomic mass is 9.93. The molecule has 0 amide bonds. The van der Waals surface area contributed by atoms with E-state index >= 15 is 0 Å². The molecule has 0 aliphatic heterocycles. The number of halogens is 1. The van der Waals surface area contributed by atoms with Gasteiger partial charge in [0.15, 0.2) is 0 Å². The van der Waals surface area contributed by atoms with E-state index in [9.17, 15) is 4.39 Å². The van der Waals surface area contributed by atoms with E-state index in [4.69, 9.17) is 5.11 Å². The fraction of sp³-hybridized carbons (Fsp3) is 0.625. The second kappa shape index (κ2) is 7.01. The Balaban J connectivity index is 1.91. The number of aliphatic hydroxyl groups is 1. The maximum Gasteiger partial charge on any atom is 0.123 e. The summed E-state index contributed by atoms with van der Waals surface area (Å²) in [6, 6.07) is 7.43. The summed E-state index contributed by atoms with van der Waals surface area (Å²) in [7, 11) is 0. The summed E-state index contributed by atoms with van der Waals surface area (Å²) in [5.41, 5.74) is 1.24. The van der Waals surface area contributed by atoms with Crippen molar-refractivity contribution in [2.75, 3.05) is 13.2 Å². The third-order valence-corrected chi connectivity index (χ3v) is 4.16. The molecule has 1 aliphatic carbocycles. The molecule has 0 saturated heterocycles. The Hall–Kier alpha value is -0.930. The summed E-state index contributed by atoms with van der Waals surface area (Å²) in [5, 5.41) is 12.5. The van der Waals surface area contributed by atoms with Crippen LogP contribution in [0.2, 0.25) is 0 Å². The minimum Gasteiger partial charge on any atom is -0.396 e. The minimum absolute atomic E-state index is 0.164. The van der Waals surface area contributed by atoms with Gasteiger partial charge in [0.25, 0.3) is 0 Å². The van der Waals surface area contributed by atoms with Gasteiger partial charge in [-0.15, -0.1) is 0 Å². The van der Waals surface area contributed by atoms with Gasteiger partial charge in [-0.1, -0.05) is 25.5 Å². The van der Waals surface area contributed by atoms with Gasteiger partial charge in [0.2, 0.25) is 0 Å². The van der Waals surface area contributed by atoms with E-state index in [2.05, 4.69) is 12.2 Å². The predicted molar refractivity (Wildman–Crippen MR) is 75.6 cm³/mol. The lowest BCUT2D eigenvalue weighted by Crippen LogP contribution is -2.34. The van der Waals surface area contributed by atoms with Crippen LogP contribution in [-0.4, -0.2) is 24.3 Å². The van der Waals surface area contributed by atoms with Crippen molar-refractivity contribution >= 4 is 0 Å². The van der Waals surface area contributed by atoms with E-state index < -0.39 is 0 Å². The molecule has 2 nitrogen and oxygen atoms in total. The van der Waals surface area contributed by atoms with Gasteiger partial charge in [0, 0.05) is 12.6 Å². The Labute approximate surface area is 115 Å². The fourth-order valence-corrected chi connectivity index (χ4v) is 2.99. The van der Waals surface area contributed by atoms with Crippen molar-refractivity contribution in [2.45, 2.75) is 44.6 Å². The van der Waals surface area contributed by atoms with Crippen LogP contribution in [0.25, 0.3) is 0 Å². The van der Waals surface area contributed by atoms with Crippen molar-refractivity contribution in [2.24, 2.45) is 5.92 Å². The Morgan fingerprint density at radius 2 is 2.05 bits per heavy atom. The molecule has 3 heteroatoms. The van der Waals surface area contributed by atoms with Gasteiger partial charge in [0.05, 0.1) is 0 Å². The average Bonchev–Trinajstić information content (AvgIpc) is 2.86. The second-order valence-corrected chi connectivity index (χ2v) is 5.72. The summed E-state index contributed by atoms with van der Waals surface area (Å²) in [6.45, 7) is 3.36. The highest BCUT2D eigenvalue weighted by molar-refractivity contribution is 5.23. The first kappa shape index (κ1) is 14.5. The van der Waals surface area contributed by atoms with Crippen LogP contribution in [-0.2, 0) is 0 Å². The fourth-order valence-electron chi connectivity index (χ4n) is 2.99. The molecule has 2 N–H and O–H groups in total. The van der Waals surface area contributed by atoms with Crippen LogP contribution in [0, 0.1) is 11.7 Å². The molecule has 3 unspecified atom stereocenters. The number of nitrogens with one attached hydrogen (secondary N) is 1. The first-order valence-corrected chi connectivity index (χ1v) is 7.30. The molecule has 0 heterocycles. The van der Waals surface area contributed by atoms with Crippen molar-refractivity contribution in [3.63, 3.8) is 0 Å². The second-order valence-electron chi connectivity index (χ2n) is 5.72. The minimum atomic E-state index is -0.164. The summed E-state index contributed by atoms with van der Waals surface area (Å²) >= 11 is 0. The maximum absolute atomic E-state index is 13.0. The molecule has 0 aromatic heterocycles. The topological polar surface area (TPSA) is 32.3 Å². The third kappa shape index (κ3) is 4.02. The summed E-state index contributed by atoms with van der Waals surface area (Å²) in [6.07, 6.45) is 4.45. The largest absolute Gasteiger partial charge is 0.396 e. The number of benzene rings is 1. The standard InChI is InChI=1S/C16H24FNO/c1-12(9-10-19)11-18-16-4-2-3-15(16)13-5-7-14(17)8-6-13/h5-8,12,15-16,18-19H,2-4,9-11H2,1H3. The lowest BCUT2D eigenvalue weighted by molar-refractivity contribution is 0.257. The van der Waals surface area contributed by atoms with E-state index in [1.54, 1.807) is 12.1 Å². The molecule has 1 fully saturated rings. The van der Waals surface area contributed by atoms with Gasteiger partial charge in [-0.3, -0.25) is 0 Å². The molecule has 1 aromatic rings. The number of aliphatic hydroxyl groups excluding tert-OH is 1. The normalized spacial score (nSPS) is 24.6. The lowest BCUT2D eigenvalue weighted by Gasteiger charge is -2.23.